The van der Waals surface area contributed by atoms with Crippen LogP contribution in [0.15, 0.2) is 90.1 Å². The van der Waals surface area contributed by atoms with Gasteiger partial charge < -0.3 is 20.3 Å². The van der Waals surface area contributed by atoms with E-state index in [1.54, 1.807) is 17.0 Å². The number of carbonyl (C=O) groups excluding carboxylic acids is 3. The summed E-state index contributed by atoms with van der Waals surface area (Å²) in [5.41, 5.74) is 2.34. The standard InChI is InChI=1S/C32H33FN4O4/c1-4-36-26-19-37(29(20(2)3)30(38)34-18-21-10-8-12-23(33)16-21)31(39)27(26)28(35-32(36)40)22-11-9-15-25(17-22)41-24-13-6-5-7-14-24/h5-17,20,28-29H,4,18-19H2,1-3H3,(H,34,38)(H,35,40). The van der Waals surface area contributed by atoms with Gasteiger partial charge >= 0.3 is 6.03 Å². The van der Waals surface area contributed by atoms with Crippen molar-refractivity contribution in [1.29, 1.82) is 0 Å². The third-order valence-electron chi connectivity index (χ3n) is 7.33. The SMILES string of the molecule is CCN1C(=O)NC(c2cccc(Oc3ccccc3)c2)C2=C1CN(C(C(=O)NCc1cccc(F)c1)C(C)C)C2=O. The zero-order valence-electron chi connectivity index (χ0n) is 23.3. The molecule has 4 amide bonds. The van der Waals surface area contributed by atoms with E-state index in [0.29, 0.717) is 40.4 Å². The molecule has 2 aliphatic rings. The number of nitrogens with one attached hydrogen (secondary N) is 2. The maximum atomic E-state index is 14.1. The quantitative estimate of drug-likeness (QED) is 0.382. The van der Waals surface area contributed by atoms with Crippen molar-refractivity contribution in [3.05, 3.63) is 107 Å². The normalized spacial score (nSPS) is 17.4. The Bertz CT molecular complexity index is 1490. The lowest BCUT2D eigenvalue weighted by Gasteiger charge is -2.33. The zero-order valence-corrected chi connectivity index (χ0v) is 23.3. The van der Waals surface area contributed by atoms with Gasteiger partial charge in [-0.1, -0.05) is 56.3 Å². The molecule has 9 heteroatoms. The number of amides is 4. The molecule has 3 aromatic rings. The van der Waals surface area contributed by atoms with Crippen molar-refractivity contribution in [2.24, 2.45) is 5.92 Å². The fourth-order valence-electron chi connectivity index (χ4n) is 5.45. The minimum absolute atomic E-state index is 0.127. The van der Waals surface area contributed by atoms with Crippen molar-refractivity contribution in [3.8, 4) is 11.5 Å². The van der Waals surface area contributed by atoms with E-state index < -0.39 is 12.1 Å². The molecule has 0 spiro atoms. The molecule has 212 valence electrons. The minimum atomic E-state index is -0.788. The Kier molecular flexibility index (Phi) is 8.05. The van der Waals surface area contributed by atoms with Crippen LogP contribution in [0.4, 0.5) is 9.18 Å². The molecule has 0 aromatic heterocycles. The predicted octanol–water partition coefficient (Wildman–Crippen LogP) is 5.14. The Balaban J connectivity index is 1.42. The molecule has 2 N–H and O–H groups in total. The maximum Gasteiger partial charge on any atom is 0.322 e. The monoisotopic (exact) mass is 556 g/mol. The first-order valence-corrected chi connectivity index (χ1v) is 13.7. The molecule has 2 heterocycles. The van der Waals surface area contributed by atoms with Gasteiger partial charge in [-0.25, -0.2) is 9.18 Å². The topological polar surface area (TPSA) is 91.0 Å². The van der Waals surface area contributed by atoms with Gasteiger partial charge in [0.1, 0.15) is 23.4 Å². The van der Waals surface area contributed by atoms with Crippen molar-refractivity contribution >= 4 is 17.8 Å². The van der Waals surface area contributed by atoms with Gasteiger partial charge in [0.2, 0.25) is 5.91 Å². The van der Waals surface area contributed by atoms with Gasteiger partial charge in [-0.3, -0.25) is 14.5 Å². The number of nitrogens with zero attached hydrogens (tertiary/aromatic N) is 2. The summed E-state index contributed by atoms with van der Waals surface area (Å²) in [6.07, 6.45) is 0. The van der Waals surface area contributed by atoms with Crippen LogP contribution in [-0.4, -0.2) is 46.8 Å². The van der Waals surface area contributed by atoms with Crippen molar-refractivity contribution < 1.29 is 23.5 Å². The van der Waals surface area contributed by atoms with Gasteiger partial charge in [-0.15, -0.1) is 0 Å². The lowest BCUT2D eigenvalue weighted by atomic mass is 9.95. The van der Waals surface area contributed by atoms with Gasteiger partial charge in [-0.2, -0.15) is 0 Å². The van der Waals surface area contributed by atoms with Crippen LogP contribution in [0.3, 0.4) is 0 Å². The molecule has 2 unspecified atom stereocenters. The van der Waals surface area contributed by atoms with Crippen LogP contribution >= 0.6 is 0 Å². The first-order valence-electron chi connectivity index (χ1n) is 13.7. The number of halogens is 1. The molecule has 0 fully saturated rings. The highest BCUT2D eigenvalue weighted by Gasteiger charge is 2.47. The van der Waals surface area contributed by atoms with E-state index in [9.17, 15) is 18.8 Å². The first kappa shape index (κ1) is 27.9. The second-order valence-electron chi connectivity index (χ2n) is 10.4. The van der Waals surface area contributed by atoms with E-state index in [1.165, 1.54) is 17.0 Å². The molecule has 0 bridgehead atoms. The highest BCUT2D eigenvalue weighted by atomic mass is 19.1. The van der Waals surface area contributed by atoms with E-state index in [0.717, 1.165) is 0 Å². The predicted molar refractivity (Wildman–Crippen MR) is 152 cm³/mol. The zero-order chi connectivity index (χ0) is 29.1. The Morgan fingerprint density at radius 2 is 1.76 bits per heavy atom. The lowest BCUT2D eigenvalue weighted by Crippen LogP contribution is -2.51. The molecule has 0 radical (unpaired) electrons. The van der Waals surface area contributed by atoms with Crippen molar-refractivity contribution in [1.82, 2.24) is 20.4 Å². The molecule has 2 aliphatic heterocycles. The fraction of sp³-hybridized carbons (Fsp3) is 0.281. The Hall–Kier alpha value is -4.66. The Morgan fingerprint density at radius 1 is 1.02 bits per heavy atom. The fourth-order valence-corrected chi connectivity index (χ4v) is 5.45. The summed E-state index contributed by atoms with van der Waals surface area (Å²) in [7, 11) is 0. The molecule has 2 atom stereocenters. The number of likely N-dealkylation sites (N-methyl/N-ethyl adjacent to an activating group) is 1. The van der Waals surface area contributed by atoms with Crippen LogP contribution in [0.2, 0.25) is 0 Å². The van der Waals surface area contributed by atoms with Gasteiger partial charge in [0.15, 0.2) is 0 Å². The molecule has 0 aliphatic carbocycles. The van der Waals surface area contributed by atoms with Crippen molar-refractivity contribution in [3.63, 3.8) is 0 Å². The number of para-hydroxylation sites is 1. The summed E-state index contributed by atoms with van der Waals surface area (Å²) >= 11 is 0. The number of rotatable bonds is 9. The molecule has 0 saturated carbocycles. The van der Waals surface area contributed by atoms with Crippen LogP contribution in [0.5, 0.6) is 11.5 Å². The molecular weight excluding hydrogens is 523 g/mol. The molecule has 0 saturated heterocycles. The summed E-state index contributed by atoms with van der Waals surface area (Å²) in [5.74, 6) is -0.00635. The minimum Gasteiger partial charge on any atom is -0.457 e. The van der Waals surface area contributed by atoms with Crippen LogP contribution in [0, 0.1) is 11.7 Å². The average molecular weight is 557 g/mol. The molecule has 41 heavy (non-hydrogen) atoms. The lowest BCUT2D eigenvalue weighted by molar-refractivity contribution is -0.138. The summed E-state index contributed by atoms with van der Waals surface area (Å²) < 4.78 is 19.6. The van der Waals surface area contributed by atoms with Crippen LogP contribution < -0.4 is 15.4 Å². The third-order valence-corrected chi connectivity index (χ3v) is 7.33. The number of benzene rings is 3. The smallest absolute Gasteiger partial charge is 0.322 e. The summed E-state index contributed by atoms with van der Waals surface area (Å²) in [6, 6.07) is 20.9. The van der Waals surface area contributed by atoms with E-state index in [-0.39, 0.29) is 42.7 Å². The van der Waals surface area contributed by atoms with E-state index in [4.69, 9.17) is 4.74 Å². The highest BCUT2D eigenvalue weighted by molar-refractivity contribution is 6.03. The average Bonchev–Trinajstić information content (AvgIpc) is 3.28. The van der Waals surface area contributed by atoms with E-state index >= 15 is 0 Å². The summed E-state index contributed by atoms with van der Waals surface area (Å²) in [6.45, 7) is 6.22. The Morgan fingerprint density at radius 3 is 2.46 bits per heavy atom. The number of carbonyl (C=O) groups is 3. The van der Waals surface area contributed by atoms with Gasteiger partial charge in [0, 0.05) is 13.1 Å². The molecule has 8 nitrogen and oxygen atoms in total. The second-order valence-corrected chi connectivity index (χ2v) is 10.4. The molecule has 3 aromatic carbocycles. The molecule has 5 rings (SSSR count). The third kappa shape index (κ3) is 5.79. The number of ether oxygens (including phenoxy) is 1. The first-order chi connectivity index (χ1) is 19.8. The van der Waals surface area contributed by atoms with Crippen molar-refractivity contribution in [2.75, 3.05) is 13.1 Å². The van der Waals surface area contributed by atoms with Crippen LogP contribution in [0.25, 0.3) is 0 Å². The van der Waals surface area contributed by atoms with Gasteiger partial charge in [0.05, 0.1) is 23.9 Å². The van der Waals surface area contributed by atoms with Crippen LogP contribution in [-0.2, 0) is 16.1 Å². The summed E-state index contributed by atoms with van der Waals surface area (Å²) in [4.78, 5) is 43.8. The largest absolute Gasteiger partial charge is 0.457 e. The highest BCUT2D eigenvalue weighted by Crippen LogP contribution is 2.39. The van der Waals surface area contributed by atoms with Crippen molar-refractivity contribution in [2.45, 2.75) is 39.4 Å². The number of hydrogen-bond donors (Lipinski definition) is 2. The Labute approximate surface area is 238 Å². The summed E-state index contributed by atoms with van der Waals surface area (Å²) in [5, 5.41) is 5.85. The van der Waals surface area contributed by atoms with Gasteiger partial charge in [-0.05, 0) is 60.4 Å². The second kappa shape index (κ2) is 11.8. The maximum absolute atomic E-state index is 14.1. The van der Waals surface area contributed by atoms with Crippen LogP contribution in [0.1, 0.15) is 37.9 Å². The molecular formula is C32H33FN4O4. The van der Waals surface area contributed by atoms with E-state index in [2.05, 4.69) is 10.6 Å². The van der Waals surface area contributed by atoms with E-state index in [1.807, 2.05) is 75.4 Å². The number of hydrogen-bond acceptors (Lipinski definition) is 4. The van der Waals surface area contributed by atoms with Gasteiger partial charge in [0.25, 0.3) is 5.91 Å². The number of urea groups is 1.